The lowest BCUT2D eigenvalue weighted by Gasteiger charge is -2.20. The third-order valence-electron chi connectivity index (χ3n) is 3.53. The van der Waals surface area contributed by atoms with Gasteiger partial charge in [-0.3, -0.25) is 10.1 Å². The van der Waals surface area contributed by atoms with Crippen LogP contribution in [-0.2, 0) is 13.0 Å². The van der Waals surface area contributed by atoms with E-state index in [9.17, 15) is 4.79 Å². The molecular formula is C14H17N3O2S. The van der Waals surface area contributed by atoms with Gasteiger partial charge in [0, 0.05) is 30.0 Å². The van der Waals surface area contributed by atoms with Gasteiger partial charge in [0.1, 0.15) is 5.76 Å². The number of rotatable bonds is 2. The SMILES string of the molecule is Cc1coc(C)c1C(=O)Nc1nc2c(s1)CN(C)CC2. The maximum absolute atomic E-state index is 12.3. The molecule has 0 unspecified atom stereocenters. The predicted molar refractivity (Wildman–Crippen MR) is 78.3 cm³/mol. The first kappa shape index (κ1) is 13.3. The second-order valence-electron chi connectivity index (χ2n) is 5.18. The van der Waals surface area contributed by atoms with E-state index in [1.807, 2.05) is 6.92 Å². The number of hydrogen-bond donors (Lipinski definition) is 1. The number of nitrogens with zero attached hydrogens (tertiary/aromatic N) is 2. The number of nitrogens with one attached hydrogen (secondary N) is 1. The predicted octanol–water partition coefficient (Wildman–Crippen LogP) is 2.59. The summed E-state index contributed by atoms with van der Waals surface area (Å²) in [7, 11) is 2.10. The average molecular weight is 291 g/mol. The summed E-state index contributed by atoms with van der Waals surface area (Å²) in [4.78, 5) is 20.3. The van der Waals surface area contributed by atoms with Crippen LogP contribution in [0.3, 0.4) is 0 Å². The highest BCUT2D eigenvalue weighted by Crippen LogP contribution is 2.28. The lowest BCUT2D eigenvalue weighted by molar-refractivity contribution is 0.102. The Kier molecular flexibility index (Phi) is 3.35. The van der Waals surface area contributed by atoms with Gasteiger partial charge in [0.25, 0.3) is 5.91 Å². The molecule has 1 N–H and O–H groups in total. The molecule has 0 saturated carbocycles. The maximum atomic E-state index is 12.3. The molecule has 3 rings (SSSR count). The Bertz CT molecular complexity index is 640. The van der Waals surface area contributed by atoms with E-state index >= 15 is 0 Å². The molecule has 0 aromatic carbocycles. The van der Waals surface area contributed by atoms with Gasteiger partial charge in [0.15, 0.2) is 5.13 Å². The molecule has 0 saturated heterocycles. The minimum atomic E-state index is -0.145. The number of fused-ring (bicyclic) bond motifs is 1. The first-order valence-corrected chi connectivity index (χ1v) is 7.39. The van der Waals surface area contributed by atoms with E-state index in [-0.39, 0.29) is 5.91 Å². The Labute approximate surface area is 121 Å². The smallest absolute Gasteiger partial charge is 0.261 e. The van der Waals surface area contributed by atoms with Crippen LogP contribution in [0.15, 0.2) is 10.7 Å². The number of aromatic nitrogens is 1. The van der Waals surface area contributed by atoms with Gasteiger partial charge in [-0.15, -0.1) is 11.3 Å². The average Bonchev–Trinajstić information content (AvgIpc) is 2.92. The van der Waals surface area contributed by atoms with Crippen LogP contribution in [0, 0.1) is 13.8 Å². The number of carbonyl (C=O) groups excluding carboxylic acids is 1. The summed E-state index contributed by atoms with van der Waals surface area (Å²) in [5.74, 6) is 0.495. The fourth-order valence-corrected chi connectivity index (χ4v) is 3.53. The molecule has 5 nitrogen and oxygen atoms in total. The Morgan fingerprint density at radius 3 is 3.00 bits per heavy atom. The molecule has 0 fully saturated rings. The largest absolute Gasteiger partial charge is 0.469 e. The van der Waals surface area contributed by atoms with Crippen molar-refractivity contribution in [3.05, 3.63) is 33.7 Å². The van der Waals surface area contributed by atoms with Crippen LogP contribution in [0.1, 0.15) is 32.3 Å². The number of furan rings is 1. The van der Waals surface area contributed by atoms with E-state index in [1.54, 1.807) is 24.5 Å². The summed E-state index contributed by atoms with van der Waals surface area (Å²) in [5.41, 5.74) is 2.57. The van der Waals surface area contributed by atoms with Gasteiger partial charge in [-0.05, 0) is 20.9 Å². The minimum Gasteiger partial charge on any atom is -0.469 e. The molecule has 20 heavy (non-hydrogen) atoms. The fraction of sp³-hybridized carbons (Fsp3) is 0.429. The Morgan fingerprint density at radius 2 is 2.30 bits per heavy atom. The van der Waals surface area contributed by atoms with Crippen molar-refractivity contribution < 1.29 is 9.21 Å². The van der Waals surface area contributed by atoms with Crippen LogP contribution in [-0.4, -0.2) is 29.4 Å². The highest BCUT2D eigenvalue weighted by molar-refractivity contribution is 7.15. The Hall–Kier alpha value is -1.66. The summed E-state index contributed by atoms with van der Waals surface area (Å²) in [6.07, 6.45) is 2.55. The van der Waals surface area contributed by atoms with E-state index in [0.717, 1.165) is 30.8 Å². The topological polar surface area (TPSA) is 58.4 Å². The number of thiazole rings is 1. The summed E-state index contributed by atoms with van der Waals surface area (Å²) >= 11 is 1.56. The van der Waals surface area contributed by atoms with E-state index in [2.05, 4.69) is 22.2 Å². The number of amides is 1. The van der Waals surface area contributed by atoms with E-state index < -0.39 is 0 Å². The van der Waals surface area contributed by atoms with Crippen molar-refractivity contribution in [2.24, 2.45) is 0 Å². The van der Waals surface area contributed by atoms with Crippen molar-refractivity contribution in [1.29, 1.82) is 0 Å². The molecular weight excluding hydrogens is 274 g/mol. The maximum Gasteiger partial charge on any atom is 0.261 e. The molecule has 3 heterocycles. The molecule has 1 amide bonds. The monoisotopic (exact) mass is 291 g/mol. The Morgan fingerprint density at radius 1 is 1.50 bits per heavy atom. The molecule has 2 aromatic rings. The van der Waals surface area contributed by atoms with Crippen molar-refractivity contribution >= 4 is 22.4 Å². The zero-order valence-electron chi connectivity index (χ0n) is 11.8. The Balaban J connectivity index is 1.80. The van der Waals surface area contributed by atoms with Crippen LogP contribution in [0.25, 0.3) is 0 Å². The second kappa shape index (κ2) is 5.03. The standard InChI is InChI=1S/C14H17N3O2S/c1-8-7-19-9(2)12(8)13(18)16-14-15-10-4-5-17(3)6-11(10)20-14/h7H,4-6H2,1-3H3,(H,15,16,18). The van der Waals surface area contributed by atoms with Crippen molar-refractivity contribution in [2.45, 2.75) is 26.8 Å². The number of likely N-dealkylation sites (N-methyl/N-ethyl adjacent to an activating group) is 1. The van der Waals surface area contributed by atoms with E-state index in [4.69, 9.17) is 4.42 Å². The summed E-state index contributed by atoms with van der Waals surface area (Å²) in [5, 5.41) is 3.56. The zero-order chi connectivity index (χ0) is 14.3. The van der Waals surface area contributed by atoms with Crippen molar-refractivity contribution in [3.8, 4) is 0 Å². The van der Waals surface area contributed by atoms with Crippen LogP contribution in [0.5, 0.6) is 0 Å². The highest BCUT2D eigenvalue weighted by Gasteiger charge is 2.21. The van der Waals surface area contributed by atoms with Gasteiger partial charge in [0.05, 0.1) is 17.5 Å². The van der Waals surface area contributed by atoms with Gasteiger partial charge >= 0.3 is 0 Å². The second-order valence-corrected chi connectivity index (χ2v) is 6.26. The number of aryl methyl sites for hydroxylation is 2. The quantitative estimate of drug-likeness (QED) is 0.924. The third kappa shape index (κ3) is 2.36. The number of anilines is 1. The highest BCUT2D eigenvalue weighted by atomic mass is 32.1. The summed E-state index contributed by atoms with van der Waals surface area (Å²) in [6, 6.07) is 0. The molecule has 0 bridgehead atoms. The van der Waals surface area contributed by atoms with Gasteiger partial charge < -0.3 is 9.32 Å². The minimum absolute atomic E-state index is 0.145. The van der Waals surface area contributed by atoms with Crippen LogP contribution in [0.4, 0.5) is 5.13 Å². The zero-order valence-corrected chi connectivity index (χ0v) is 12.6. The molecule has 6 heteroatoms. The first-order valence-electron chi connectivity index (χ1n) is 6.57. The summed E-state index contributed by atoms with van der Waals surface area (Å²) < 4.78 is 5.26. The third-order valence-corrected chi connectivity index (χ3v) is 4.53. The number of hydrogen-bond acceptors (Lipinski definition) is 5. The molecule has 0 spiro atoms. The molecule has 106 valence electrons. The van der Waals surface area contributed by atoms with Gasteiger partial charge in [-0.1, -0.05) is 0 Å². The normalized spacial score (nSPS) is 15.2. The lowest BCUT2D eigenvalue weighted by Crippen LogP contribution is -2.25. The molecule has 0 aliphatic carbocycles. The van der Waals surface area contributed by atoms with E-state index in [1.165, 1.54) is 4.88 Å². The molecule has 1 aliphatic heterocycles. The molecule has 2 aromatic heterocycles. The van der Waals surface area contributed by atoms with Crippen LogP contribution >= 0.6 is 11.3 Å². The fourth-order valence-electron chi connectivity index (χ4n) is 2.45. The van der Waals surface area contributed by atoms with Crippen molar-refractivity contribution in [2.75, 3.05) is 18.9 Å². The first-order chi connectivity index (χ1) is 9.54. The molecule has 1 aliphatic rings. The number of carbonyl (C=O) groups is 1. The van der Waals surface area contributed by atoms with Gasteiger partial charge in [-0.2, -0.15) is 0 Å². The van der Waals surface area contributed by atoms with Gasteiger partial charge in [-0.25, -0.2) is 4.98 Å². The van der Waals surface area contributed by atoms with Crippen LogP contribution in [0.2, 0.25) is 0 Å². The van der Waals surface area contributed by atoms with Crippen LogP contribution < -0.4 is 5.32 Å². The van der Waals surface area contributed by atoms with Gasteiger partial charge in [0.2, 0.25) is 0 Å². The van der Waals surface area contributed by atoms with E-state index in [0.29, 0.717) is 16.5 Å². The van der Waals surface area contributed by atoms with Crippen molar-refractivity contribution in [3.63, 3.8) is 0 Å². The molecule has 0 radical (unpaired) electrons. The molecule has 0 atom stereocenters. The van der Waals surface area contributed by atoms with Crippen molar-refractivity contribution in [1.82, 2.24) is 9.88 Å². The lowest BCUT2D eigenvalue weighted by atomic mass is 10.1. The summed E-state index contributed by atoms with van der Waals surface area (Å²) in [6.45, 7) is 5.59.